The number of nitrogens with zero attached hydrogens (tertiary/aromatic N) is 2. The molecule has 21 heavy (non-hydrogen) atoms. The van der Waals surface area contributed by atoms with E-state index in [2.05, 4.69) is 35.2 Å². The molecule has 110 valence electrons. The van der Waals surface area contributed by atoms with E-state index in [9.17, 15) is 4.79 Å². The molecule has 0 unspecified atom stereocenters. The molecule has 0 saturated heterocycles. The number of carbonyl (C=O) groups is 1. The molecular weight excluding hydrogens is 262 g/mol. The summed E-state index contributed by atoms with van der Waals surface area (Å²) >= 11 is 0. The fraction of sp³-hybridized carbons (Fsp3) is 0.353. The third-order valence-electron chi connectivity index (χ3n) is 3.39. The van der Waals surface area contributed by atoms with Crippen LogP contribution in [0.2, 0.25) is 0 Å². The molecule has 0 aliphatic rings. The van der Waals surface area contributed by atoms with E-state index >= 15 is 0 Å². The van der Waals surface area contributed by atoms with Gasteiger partial charge in [-0.1, -0.05) is 26.0 Å². The maximum absolute atomic E-state index is 12.2. The number of amides is 1. The number of carbonyl (C=O) groups excluding carboxylic acids is 1. The van der Waals surface area contributed by atoms with E-state index in [4.69, 9.17) is 0 Å². The van der Waals surface area contributed by atoms with Gasteiger partial charge in [0.2, 0.25) is 0 Å². The first-order chi connectivity index (χ1) is 9.99. The number of nitrogens with one attached hydrogen (secondary N) is 1. The van der Waals surface area contributed by atoms with Gasteiger partial charge in [-0.15, -0.1) is 0 Å². The number of hydrogen-bond acceptors (Lipinski definition) is 3. The van der Waals surface area contributed by atoms with E-state index < -0.39 is 0 Å². The molecule has 1 amide bonds. The fourth-order valence-electron chi connectivity index (χ4n) is 2.32. The van der Waals surface area contributed by atoms with Gasteiger partial charge in [-0.05, 0) is 42.5 Å². The molecule has 0 atom stereocenters. The Hall–Kier alpha value is -2.23. The van der Waals surface area contributed by atoms with E-state index in [1.165, 1.54) is 0 Å². The third-order valence-corrected chi connectivity index (χ3v) is 3.39. The summed E-state index contributed by atoms with van der Waals surface area (Å²) in [7, 11) is 0. The van der Waals surface area contributed by atoms with Crippen LogP contribution in [0.25, 0.3) is 0 Å². The zero-order chi connectivity index (χ0) is 15.4. The first-order valence-corrected chi connectivity index (χ1v) is 7.14. The molecule has 2 aromatic rings. The summed E-state index contributed by atoms with van der Waals surface area (Å²) in [6.45, 7) is 8.52. The highest BCUT2D eigenvalue weighted by atomic mass is 16.1. The summed E-state index contributed by atoms with van der Waals surface area (Å²) < 4.78 is 0. The number of hydrogen-bond donors (Lipinski definition) is 1. The Labute approximate surface area is 125 Å². The molecule has 0 spiro atoms. The maximum Gasteiger partial charge on any atom is 0.270 e. The summed E-state index contributed by atoms with van der Waals surface area (Å²) in [6.07, 6.45) is 3.46. The van der Waals surface area contributed by atoms with Gasteiger partial charge >= 0.3 is 0 Å². The van der Waals surface area contributed by atoms with E-state index in [0.29, 0.717) is 18.2 Å². The van der Waals surface area contributed by atoms with Crippen molar-refractivity contribution in [2.75, 3.05) is 0 Å². The lowest BCUT2D eigenvalue weighted by molar-refractivity contribution is 0.0944. The Morgan fingerprint density at radius 3 is 2.71 bits per heavy atom. The SMILES string of the molecule is Cc1cnc(C(=O)NCc2ncccc2C(C)C)c(C)c1. The molecule has 4 heteroatoms. The van der Waals surface area contributed by atoms with Crippen molar-refractivity contribution in [2.45, 2.75) is 40.2 Å². The van der Waals surface area contributed by atoms with Crippen molar-refractivity contribution in [2.24, 2.45) is 0 Å². The Morgan fingerprint density at radius 1 is 1.29 bits per heavy atom. The van der Waals surface area contributed by atoms with Gasteiger partial charge in [0, 0.05) is 12.4 Å². The number of aryl methyl sites for hydroxylation is 2. The zero-order valence-electron chi connectivity index (χ0n) is 13.0. The van der Waals surface area contributed by atoms with Gasteiger partial charge in [0.15, 0.2) is 0 Å². The van der Waals surface area contributed by atoms with Gasteiger partial charge in [-0.2, -0.15) is 0 Å². The molecule has 0 saturated carbocycles. The normalized spacial score (nSPS) is 10.7. The highest BCUT2D eigenvalue weighted by molar-refractivity contribution is 5.93. The first-order valence-electron chi connectivity index (χ1n) is 7.14. The Bertz CT molecular complexity index is 650. The van der Waals surface area contributed by atoms with Crippen LogP contribution in [0.15, 0.2) is 30.6 Å². The van der Waals surface area contributed by atoms with Crippen LogP contribution in [-0.2, 0) is 6.54 Å². The fourth-order valence-corrected chi connectivity index (χ4v) is 2.32. The van der Waals surface area contributed by atoms with Crippen molar-refractivity contribution in [3.8, 4) is 0 Å². The van der Waals surface area contributed by atoms with Crippen LogP contribution in [0, 0.1) is 13.8 Å². The third kappa shape index (κ3) is 3.66. The maximum atomic E-state index is 12.2. The lowest BCUT2D eigenvalue weighted by atomic mass is 10.0. The minimum atomic E-state index is -0.159. The van der Waals surface area contributed by atoms with Crippen molar-refractivity contribution in [3.63, 3.8) is 0 Å². The molecule has 0 radical (unpaired) electrons. The minimum absolute atomic E-state index is 0.159. The number of rotatable bonds is 4. The molecule has 0 bridgehead atoms. The van der Waals surface area contributed by atoms with Gasteiger partial charge in [-0.3, -0.25) is 14.8 Å². The van der Waals surface area contributed by atoms with Crippen molar-refractivity contribution < 1.29 is 4.79 Å². The predicted molar refractivity (Wildman–Crippen MR) is 83.2 cm³/mol. The summed E-state index contributed by atoms with van der Waals surface area (Å²) in [4.78, 5) is 20.8. The molecule has 0 aromatic carbocycles. The zero-order valence-corrected chi connectivity index (χ0v) is 13.0. The first kappa shape index (κ1) is 15.2. The van der Waals surface area contributed by atoms with Gasteiger partial charge in [-0.25, -0.2) is 0 Å². The number of pyridine rings is 2. The average molecular weight is 283 g/mol. The highest BCUT2D eigenvalue weighted by Gasteiger charge is 2.12. The summed E-state index contributed by atoms with van der Waals surface area (Å²) in [5.74, 6) is 0.220. The van der Waals surface area contributed by atoms with Crippen LogP contribution in [0.5, 0.6) is 0 Å². The monoisotopic (exact) mass is 283 g/mol. The van der Waals surface area contributed by atoms with Crippen LogP contribution in [0.4, 0.5) is 0 Å². The van der Waals surface area contributed by atoms with Gasteiger partial charge < -0.3 is 5.32 Å². The summed E-state index contributed by atoms with van der Waals surface area (Å²) in [5, 5.41) is 2.91. The lowest BCUT2D eigenvalue weighted by Gasteiger charge is -2.12. The van der Waals surface area contributed by atoms with Crippen molar-refractivity contribution in [1.29, 1.82) is 0 Å². The Morgan fingerprint density at radius 2 is 2.05 bits per heavy atom. The van der Waals surface area contributed by atoms with Gasteiger partial charge in [0.1, 0.15) is 5.69 Å². The van der Waals surface area contributed by atoms with E-state index in [1.807, 2.05) is 26.0 Å². The van der Waals surface area contributed by atoms with Crippen LogP contribution in [0.3, 0.4) is 0 Å². The predicted octanol–water partition coefficient (Wildman–Crippen LogP) is 3.15. The summed E-state index contributed by atoms with van der Waals surface area (Å²) in [6, 6.07) is 5.93. The largest absolute Gasteiger partial charge is 0.345 e. The minimum Gasteiger partial charge on any atom is -0.345 e. The molecule has 0 aliphatic carbocycles. The van der Waals surface area contributed by atoms with Crippen molar-refractivity contribution in [3.05, 3.63) is 58.7 Å². The lowest BCUT2D eigenvalue weighted by Crippen LogP contribution is -2.26. The van der Waals surface area contributed by atoms with Crippen molar-refractivity contribution >= 4 is 5.91 Å². The molecular formula is C17H21N3O. The molecule has 2 aromatic heterocycles. The second-order valence-electron chi connectivity index (χ2n) is 5.55. The molecule has 2 rings (SSSR count). The smallest absolute Gasteiger partial charge is 0.270 e. The van der Waals surface area contributed by atoms with Crippen LogP contribution >= 0.6 is 0 Å². The summed E-state index contributed by atoms with van der Waals surface area (Å²) in [5.41, 5.74) is 4.48. The van der Waals surface area contributed by atoms with E-state index in [1.54, 1.807) is 12.4 Å². The Kier molecular flexibility index (Phi) is 4.68. The number of aromatic nitrogens is 2. The van der Waals surface area contributed by atoms with Gasteiger partial charge in [0.05, 0.1) is 12.2 Å². The second-order valence-corrected chi connectivity index (χ2v) is 5.55. The highest BCUT2D eigenvalue weighted by Crippen LogP contribution is 2.17. The molecule has 1 N–H and O–H groups in total. The van der Waals surface area contributed by atoms with Crippen LogP contribution < -0.4 is 5.32 Å². The molecule has 2 heterocycles. The average Bonchev–Trinajstić information content (AvgIpc) is 2.45. The molecule has 0 aliphatic heterocycles. The molecule has 4 nitrogen and oxygen atoms in total. The Balaban J connectivity index is 2.11. The quantitative estimate of drug-likeness (QED) is 0.937. The second kappa shape index (κ2) is 6.48. The van der Waals surface area contributed by atoms with E-state index in [0.717, 1.165) is 22.4 Å². The van der Waals surface area contributed by atoms with Crippen LogP contribution in [-0.4, -0.2) is 15.9 Å². The topological polar surface area (TPSA) is 54.9 Å². The van der Waals surface area contributed by atoms with Gasteiger partial charge in [0.25, 0.3) is 5.91 Å². The standard InChI is InChI=1S/C17H21N3O/c1-11(2)14-6-5-7-18-15(14)10-20-17(21)16-13(4)8-12(3)9-19-16/h5-9,11H,10H2,1-4H3,(H,20,21). The van der Waals surface area contributed by atoms with Crippen LogP contribution in [0.1, 0.15) is 52.6 Å². The van der Waals surface area contributed by atoms with E-state index in [-0.39, 0.29) is 5.91 Å². The molecule has 0 fully saturated rings. The van der Waals surface area contributed by atoms with Crippen molar-refractivity contribution in [1.82, 2.24) is 15.3 Å².